The van der Waals surface area contributed by atoms with Crippen LogP contribution in [0.5, 0.6) is 0 Å². The minimum atomic E-state index is -0.365. The molecule has 2 amide bonds. The molecule has 0 aliphatic rings. The fraction of sp³-hybridized carbons (Fsp3) is 0.320. The summed E-state index contributed by atoms with van der Waals surface area (Å²) in [7, 11) is 0. The van der Waals surface area contributed by atoms with E-state index in [0.717, 1.165) is 16.3 Å². The van der Waals surface area contributed by atoms with Gasteiger partial charge in [0.1, 0.15) is 5.82 Å². The number of hydrogen-bond acceptors (Lipinski definition) is 4. The van der Waals surface area contributed by atoms with Crippen molar-refractivity contribution in [2.24, 2.45) is 0 Å². The summed E-state index contributed by atoms with van der Waals surface area (Å²) in [4.78, 5) is 31.4. The van der Waals surface area contributed by atoms with Gasteiger partial charge in [0, 0.05) is 29.6 Å². The smallest absolute Gasteiger partial charge is 0.251 e. The Hall–Kier alpha value is -3.06. The average molecular weight is 454 g/mol. The first-order valence-corrected chi connectivity index (χ1v) is 11.4. The third-order valence-corrected chi connectivity index (χ3v) is 5.89. The first-order chi connectivity index (χ1) is 15.1. The Morgan fingerprint density at radius 1 is 1.06 bits per heavy atom. The Balaban J connectivity index is 1.63. The van der Waals surface area contributed by atoms with Crippen molar-refractivity contribution in [3.05, 3.63) is 81.6 Å². The molecule has 3 rings (SSSR count). The van der Waals surface area contributed by atoms with E-state index < -0.39 is 0 Å². The number of benzene rings is 2. The van der Waals surface area contributed by atoms with Crippen molar-refractivity contribution in [2.45, 2.75) is 46.1 Å². The van der Waals surface area contributed by atoms with E-state index >= 15 is 0 Å². The summed E-state index contributed by atoms with van der Waals surface area (Å²) in [6.07, 6.45) is 0.117. The molecule has 1 N–H and O–H groups in total. The van der Waals surface area contributed by atoms with Gasteiger partial charge in [-0.3, -0.25) is 9.59 Å². The molecule has 0 aliphatic heterocycles. The predicted molar refractivity (Wildman–Crippen MR) is 127 cm³/mol. The second-order valence-electron chi connectivity index (χ2n) is 8.65. The second-order valence-corrected chi connectivity index (χ2v) is 9.71. The third kappa shape index (κ3) is 6.23. The Morgan fingerprint density at radius 2 is 1.72 bits per heavy atom. The van der Waals surface area contributed by atoms with E-state index in [9.17, 15) is 14.0 Å². The van der Waals surface area contributed by atoms with Crippen LogP contribution in [-0.2, 0) is 16.8 Å². The zero-order chi connectivity index (χ0) is 23.3. The quantitative estimate of drug-likeness (QED) is 0.532. The molecule has 168 valence electrons. The largest absolute Gasteiger partial charge is 0.352 e. The zero-order valence-electron chi connectivity index (χ0n) is 18.8. The van der Waals surface area contributed by atoms with E-state index in [1.807, 2.05) is 24.4 Å². The summed E-state index contributed by atoms with van der Waals surface area (Å²) in [5.41, 5.74) is 3.08. The molecule has 0 bridgehead atoms. The molecule has 1 aromatic heterocycles. The third-order valence-electron chi connectivity index (χ3n) is 5.06. The lowest BCUT2D eigenvalue weighted by Crippen LogP contribution is -2.34. The van der Waals surface area contributed by atoms with E-state index in [2.05, 4.69) is 31.1 Å². The maximum atomic E-state index is 13.4. The summed E-state index contributed by atoms with van der Waals surface area (Å²) in [6.45, 7) is 8.75. The number of nitrogens with zero attached hydrogens (tertiary/aromatic N) is 2. The number of carbonyl (C=O) groups is 2. The minimum Gasteiger partial charge on any atom is -0.352 e. The van der Waals surface area contributed by atoms with Crippen LogP contribution < -0.4 is 10.2 Å². The van der Waals surface area contributed by atoms with Gasteiger partial charge in [-0.25, -0.2) is 9.37 Å². The molecule has 0 aliphatic carbocycles. The van der Waals surface area contributed by atoms with E-state index in [4.69, 9.17) is 0 Å². The van der Waals surface area contributed by atoms with Gasteiger partial charge in [0.2, 0.25) is 5.91 Å². The Labute approximate surface area is 192 Å². The molecule has 0 saturated heterocycles. The van der Waals surface area contributed by atoms with Gasteiger partial charge in [0.25, 0.3) is 5.91 Å². The van der Waals surface area contributed by atoms with Gasteiger partial charge in [-0.2, -0.15) is 0 Å². The lowest BCUT2D eigenvalue weighted by molar-refractivity contribution is -0.118. The molecule has 0 fully saturated rings. The fourth-order valence-corrected chi connectivity index (χ4v) is 3.83. The van der Waals surface area contributed by atoms with E-state index in [1.54, 1.807) is 29.2 Å². The SMILES string of the molecule is Cc1nc(CN(C(=O)CCNC(=O)c2ccc(C(C)(C)C)cc2)c2ccc(F)cc2)cs1. The average Bonchev–Trinajstić information content (AvgIpc) is 3.17. The lowest BCUT2D eigenvalue weighted by atomic mass is 9.87. The number of halogens is 1. The van der Waals surface area contributed by atoms with Crippen LogP contribution in [0.1, 0.15) is 53.8 Å². The number of anilines is 1. The normalized spacial score (nSPS) is 11.3. The molecule has 2 aromatic carbocycles. The molecule has 1 heterocycles. The molecule has 3 aromatic rings. The molecule has 32 heavy (non-hydrogen) atoms. The Morgan fingerprint density at radius 3 is 2.28 bits per heavy atom. The van der Waals surface area contributed by atoms with Crippen molar-refractivity contribution in [3.63, 3.8) is 0 Å². The van der Waals surface area contributed by atoms with Gasteiger partial charge in [-0.05, 0) is 54.3 Å². The van der Waals surface area contributed by atoms with Crippen molar-refractivity contribution >= 4 is 28.8 Å². The van der Waals surface area contributed by atoms with Gasteiger partial charge in [-0.1, -0.05) is 32.9 Å². The monoisotopic (exact) mass is 453 g/mol. The molecule has 0 atom stereocenters. The maximum Gasteiger partial charge on any atom is 0.251 e. The Kier molecular flexibility index (Phi) is 7.40. The van der Waals surface area contributed by atoms with Crippen LogP contribution in [0.2, 0.25) is 0 Å². The molecule has 5 nitrogen and oxygen atoms in total. The highest BCUT2D eigenvalue weighted by molar-refractivity contribution is 7.09. The molecule has 0 unspecified atom stereocenters. The maximum absolute atomic E-state index is 13.4. The molecule has 7 heteroatoms. The highest BCUT2D eigenvalue weighted by atomic mass is 32.1. The van der Waals surface area contributed by atoms with Gasteiger partial charge in [0.15, 0.2) is 0 Å². The van der Waals surface area contributed by atoms with Crippen molar-refractivity contribution in [2.75, 3.05) is 11.4 Å². The lowest BCUT2D eigenvalue weighted by Gasteiger charge is -2.22. The van der Waals surface area contributed by atoms with E-state index in [1.165, 1.54) is 23.5 Å². The number of carbonyl (C=O) groups excluding carboxylic acids is 2. The van der Waals surface area contributed by atoms with E-state index in [0.29, 0.717) is 11.3 Å². The molecular weight excluding hydrogens is 425 g/mol. The van der Waals surface area contributed by atoms with Gasteiger partial charge in [-0.15, -0.1) is 11.3 Å². The number of hydrogen-bond donors (Lipinski definition) is 1. The minimum absolute atomic E-state index is 0.0150. The highest BCUT2D eigenvalue weighted by Crippen LogP contribution is 2.22. The van der Waals surface area contributed by atoms with Crippen molar-refractivity contribution in [3.8, 4) is 0 Å². The number of thiazole rings is 1. The number of aromatic nitrogens is 1. The molecule has 0 saturated carbocycles. The van der Waals surface area contributed by atoms with Crippen molar-refractivity contribution in [1.29, 1.82) is 0 Å². The van der Waals surface area contributed by atoms with Crippen LogP contribution >= 0.6 is 11.3 Å². The van der Waals surface area contributed by atoms with Gasteiger partial charge < -0.3 is 10.2 Å². The van der Waals surface area contributed by atoms with Gasteiger partial charge >= 0.3 is 0 Å². The summed E-state index contributed by atoms with van der Waals surface area (Å²) in [5, 5.41) is 5.63. The standard InChI is InChI=1S/C25H28FN3O2S/c1-17-28-21(16-32-17)15-29(22-11-9-20(26)10-12-22)23(30)13-14-27-24(31)18-5-7-19(8-6-18)25(2,3)4/h5-12,16H,13-15H2,1-4H3,(H,27,31). The van der Waals surface area contributed by atoms with Gasteiger partial charge in [0.05, 0.1) is 17.2 Å². The zero-order valence-corrected chi connectivity index (χ0v) is 19.6. The first kappa shape index (κ1) is 23.6. The molecule has 0 radical (unpaired) electrons. The highest BCUT2D eigenvalue weighted by Gasteiger charge is 2.19. The van der Waals surface area contributed by atoms with Crippen LogP contribution in [0.4, 0.5) is 10.1 Å². The summed E-state index contributed by atoms with van der Waals surface area (Å²) in [5.74, 6) is -0.761. The number of amides is 2. The number of aryl methyl sites for hydroxylation is 1. The topological polar surface area (TPSA) is 62.3 Å². The number of rotatable bonds is 7. The van der Waals surface area contributed by atoms with E-state index in [-0.39, 0.29) is 42.6 Å². The summed E-state index contributed by atoms with van der Waals surface area (Å²) >= 11 is 1.51. The fourth-order valence-electron chi connectivity index (χ4n) is 3.23. The summed E-state index contributed by atoms with van der Waals surface area (Å²) in [6, 6.07) is 13.3. The van der Waals surface area contributed by atoms with Crippen LogP contribution in [0.25, 0.3) is 0 Å². The van der Waals surface area contributed by atoms with Crippen LogP contribution in [0, 0.1) is 12.7 Å². The van der Waals surface area contributed by atoms with Crippen molar-refractivity contribution in [1.82, 2.24) is 10.3 Å². The van der Waals surface area contributed by atoms with Crippen LogP contribution in [-0.4, -0.2) is 23.3 Å². The molecule has 0 spiro atoms. The molecular formula is C25H28FN3O2S. The summed E-state index contributed by atoms with van der Waals surface area (Å²) < 4.78 is 13.4. The first-order valence-electron chi connectivity index (χ1n) is 10.5. The van der Waals surface area contributed by atoms with Crippen LogP contribution in [0.3, 0.4) is 0 Å². The number of nitrogens with one attached hydrogen (secondary N) is 1. The second kappa shape index (κ2) is 10.0. The van der Waals surface area contributed by atoms with Crippen molar-refractivity contribution < 1.29 is 14.0 Å². The Bertz CT molecular complexity index is 1070. The van der Waals surface area contributed by atoms with Crippen LogP contribution in [0.15, 0.2) is 53.9 Å². The predicted octanol–water partition coefficient (Wildman–Crippen LogP) is 5.24.